The first-order valence-electron chi connectivity index (χ1n) is 7.37. The summed E-state index contributed by atoms with van der Waals surface area (Å²) < 4.78 is 0. The van der Waals surface area contributed by atoms with Gasteiger partial charge in [0.2, 0.25) is 0 Å². The van der Waals surface area contributed by atoms with Gasteiger partial charge in [0.25, 0.3) is 0 Å². The van der Waals surface area contributed by atoms with Gasteiger partial charge in [0, 0.05) is 30.5 Å². The van der Waals surface area contributed by atoms with Crippen molar-refractivity contribution in [2.75, 3.05) is 24.3 Å². The lowest BCUT2D eigenvalue weighted by atomic mass is 10.1. The van der Waals surface area contributed by atoms with Crippen LogP contribution in [-0.4, -0.2) is 14.1 Å². The molecule has 0 fully saturated rings. The van der Waals surface area contributed by atoms with Crippen molar-refractivity contribution in [3.8, 4) is 0 Å². The van der Waals surface area contributed by atoms with Gasteiger partial charge in [-0.05, 0) is 60.7 Å². The van der Waals surface area contributed by atoms with E-state index in [1.165, 1.54) is 28.1 Å². The highest BCUT2D eigenvalue weighted by atomic mass is 35.5. The lowest BCUT2D eigenvalue weighted by Crippen LogP contribution is -2.12. The molecule has 0 heterocycles. The maximum Gasteiger partial charge on any atom is 0.0519 e. The molecule has 1 N–H and O–H groups in total. The van der Waals surface area contributed by atoms with Crippen molar-refractivity contribution in [1.82, 2.24) is 0 Å². The molecule has 0 spiro atoms. The zero-order chi connectivity index (χ0) is 15.0. The van der Waals surface area contributed by atoms with Gasteiger partial charge in [0.15, 0.2) is 0 Å². The second-order valence-electron chi connectivity index (χ2n) is 5.97. The maximum absolute atomic E-state index is 6.08. The molecular weight excluding hydrogens is 280 g/mol. The highest BCUT2D eigenvalue weighted by molar-refractivity contribution is 6.30. The van der Waals surface area contributed by atoms with Gasteiger partial charge in [-0.2, -0.15) is 0 Å². The quantitative estimate of drug-likeness (QED) is 0.875. The van der Waals surface area contributed by atoms with Gasteiger partial charge in [-0.25, -0.2) is 0 Å². The summed E-state index contributed by atoms with van der Waals surface area (Å²) in [5.74, 6) is 0. The number of nitrogens with zero attached hydrogens (tertiary/aromatic N) is 1. The Morgan fingerprint density at radius 3 is 2.71 bits per heavy atom. The molecule has 0 saturated carbocycles. The van der Waals surface area contributed by atoms with E-state index in [0.717, 1.165) is 17.9 Å². The Kier molecular flexibility index (Phi) is 3.81. The summed E-state index contributed by atoms with van der Waals surface area (Å²) in [4.78, 5) is 2.16. The largest absolute Gasteiger partial charge is 0.378 e. The first-order valence-corrected chi connectivity index (χ1v) is 7.75. The summed E-state index contributed by atoms with van der Waals surface area (Å²) in [7, 11) is 4.16. The predicted octanol–water partition coefficient (Wildman–Crippen LogP) is 4.81. The summed E-state index contributed by atoms with van der Waals surface area (Å²) in [5.41, 5.74) is 6.49. The molecule has 110 valence electrons. The normalized spacial score (nSPS) is 16.7. The van der Waals surface area contributed by atoms with Crippen molar-refractivity contribution in [3.05, 3.63) is 58.1 Å². The first kappa shape index (κ1) is 14.3. The Labute approximate surface area is 131 Å². The molecule has 1 aliphatic rings. The lowest BCUT2D eigenvalue weighted by molar-refractivity contribution is 0.762. The van der Waals surface area contributed by atoms with E-state index in [9.17, 15) is 0 Å². The van der Waals surface area contributed by atoms with Gasteiger partial charge in [0.1, 0.15) is 0 Å². The van der Waals surface area contributed by atoms with E-state index in [4.69, 9.17) is 11.6 Å². The third kappa shape index (κ3) is 2.86. The molecule has 3 rings (SSSR count). The highest BCUT2D eigenvalue weighted by Crippen LogP contribution is 2.36. The molecule has 3 heteroatoms. The summed E-state index contributed by atoms with van der Waals surface area (Å²) in [5, 5.41) is 4.50. The van der Waals surface area contributed by atoms with E-state index in [1.54, 1.807) is 0 Å². The minimum atomic E-state index is 0.384. The third-order valence-corrected chi connectivity index (χ3v) is 4.45. The predicted molar refractivity (Wildman–Crippen MR) is 91.6 cm³/mol. The number of aryl methyl sites for hydroxylation is 2. The van der Waals surface area contributed by atoms with Crippen molar-refractivity contribution >= 4 is 23.0 Å². The molecule has 1 unspecified atom stereocenters. The molecule has 1 aliphatic carbocycles. The van der Waals surface area contributed by atoms with E-state index in [1.807, 2.05) is 6.07 Å². The molecule has 2 nitrogen and oxygen atoms in total. The molecule has 0 aliphatic heterocycles. The van der Waals surface area contributed by atoms with Gasteiger partial charge in [-0.1, -0.05) is 23.7 Å². The van der Waals surface area contributed by atoms with Gasteiger partial charge in [-0.3, -0.25) is 0 Å². The van der Waals surface area contributed by atoms with Crippen molar-refractivity contribution in [1.29, 1.82) is 0 Å². The fourth-order valence-electron chi connectivity index (χ4n) is 3.12. The monoisotopic (exact) mass is 300 g/mol. The van der Waals surface area contributed by atoms with Crippen LogP contribution in [0.25, 0.3) is 0 Å². The molecule has 0 amide bonds. The zero-order valence-electron chi connectivity index (χ0n) is 12.8. The Balaban J connectivity index is 1.85. The second kappa shape index (κ2) is 5.61. The number of hydrogen-bond acceptors (Lipinski definition) is 2. The van der Waals surface area contributed by atoms with Gasteiger partial charge < -0.3 is 10.2 Å². The number of rotatable bonds is 3. The minimum Gasteiger partial charge on any atom is -0.378 e. The van der Waals surface area contributed by atoms with Crippen LogP contribution < -0.4 is 10.2 Å². The molecule has 2 aromatic carbocycles. The minimum absolute atomic E-state index is 0.384. The molecule has 0 bridgehead atoms. The number of nitrogens with one attached hydrogen (secondary N) is 1. The summed E-state index contributed by atoms with van der Waals surface area (Å²) in [6.45, 7) is 2.14. The van der Waals surface area contributed by atoms with Gasteiger partial charge in [-0.15, -0.1) is 0 Å². The van der Waals surface area contributed by atoms with Crippen molar-refractivity contribution < 1.29 is 0 Å². The molecule has 2 aromatic rings. The Hall–Kier alpha value is -1.67. The molecule has 21 heavy (non-hydrogen) atoms. The number of halogens is 1. The number of hydrogen-bond donors (Lipinski definition) is 1. The lowest BCUT2D eigenvalue weighted by Gasteiger charge is -2.20. The van der Waals surface area contributed by atoms with Crippen LogP contribution in [-0.2, 0) is 6.42 Å². The molecule has 0 radical (unpaired) electrons. The zero-order valence-corrected chi connectivity index (χ0v) is 13.5. The Bertz CT molecular complexity index is 664. The highest BCUT2D eigenvalue weighted by Gasteiger charge is 2.22. The van der Waals surface area contributed by atoms with E-state index in [2.05, 4.69) is 61.6 Å². The maximum atomic E-state index is 6.08. The van der Waals surface area contributed by atoms with Crippen LogP contribution in [0.1, 0.15) is 29.2 Å². The van der Waals surface area contributed by atoms with Crippen LogP contribution in [0.3, 0.4) is 0 Å². The fraction of sp³-hybridized carbons (Fsp3) is 0.333. The average Bonchev–Trinajstić information content (AvgIpc) is 2.83. The van der Waals surface area contributed by atoms with Gasteiger partial charge >= 0.3 is 0 Å². The first-order chi connectivity index (χ1) is 10.0. The van der Waals surface area contributed by atoms with Crippen molar-refractivity contribution in [2.24, 2.45) is 0 Å². The number of fused-ring (bicyclic) bond motifs is 1. The van der Waals surface area contributed by atoms with Gasteiger partial charge in [0.05, 0.1) is 6.04 Å². The summed E-state index contributed by atoms with van der Waals surface area (Å²) >= 11 is 6.08. The topological polar surface area (TPSA) is 15.3 Å². The molecule has 1 atom stereocenters. The van der Waals surface area contributed by atoms with E-state index in [0.29, 0.717) is 6.04 Å². The van der Waals surface area contributed by atoms with E-state index >= 15 is 0 Å². The molecule has 0 aromatic heterocycles. The van der Waals surface area contributed by atoms with E-state index in [-0.39, 0.29) is 0 Å². The Morgan fingerprint density at radius 1 is 1.14 bits per heavy atom. The third-order valence-electron chi connectivity index (χ3n) is 4.21. The second-order valence-corrected chi connectivity index (χ2v) is 6.41. The summed E-state index contributed by atoms with van der Waals surface area (Å²) in [6, 6.07) is 13.2. The average molecular weight is 301 g/mol. The Morgan fingerprint density at radius 2 is 1.95 bits per heavy atom. The van der Waals surface area contributed by atoms with E-state index < -0.39 is 0 Å². The number of anilines is 2. The van der Waals surface area contributed by atoms with Crippen LogP contribution in [0.2, 0.25) is 5.02 Å². The smallest absolute Gasteiger partial charge is 0.0519 e. The standard InChI is InChI=1S/C18H21ClN2/c1-12-4-7-15(11-18(12)21(2)3)20-17-9-5-13-10-14(19)6-8-16(13)17/h4,6-8,10-11,17,20H,5,9H2,1-3H3. The van der Waals surface area contributed by atoms with Crippen LogP contribution in [0.4, 0.5) is 11.4 Å². The van der Waals surface area contributed by atoms with Crippen LogP contribution in [0.5, 0.6) is 0 Å². The molecule has 0 saturated heterocycles. The summed E-state index contributed by atoms with van der Waals surface area (Å²) in [6.07, 6.45) is 2.22. The SMILES string of the molecule is Cc1ccc(NC2CCc3cc(Cl)ccc32)cc1N(C)C. The number of benzene rings is 2. The van der Waals surface area contributed by atoms with Crippen LogP contribution in [0.15, 0.2) is 36.4 Å². The molecular formula is C18H21ClN2. The van der Waals surface area contributed by atoms with Crippen molar-refractivity contribution in [2.45, 2.75) is 25.8 Å². The van der Waals surface area contributed by atoms with Crippen LogP contribution in [0, 0.1) is 6.92 Å². The fourth-order valence-corrected chi connectivity index (χ4v) is 3.31. The van der Waals surface area contributed by atoms with Crippen LogP contribution >= 0.6 is 11.6 Å². The van der Waals surface area contributed by atoms with Crippen molar-refractivity contribution in [3.63, 3.8) is 0 Å².